The Hall–Kier alpha value is -1.33. The number of aryl methyl sites for hydroxylation is 1. The summed E-state index contributed by atoms with van der Waals surface area (Å²) < 4.78 is 64.5. The zero-order valence-electron chi connectivity index (χ0n) is 8.73. The summed E-state index contributed by atoms with van der Waals surface area (Å²) in [6.07, 6.45) is -9.92. The van der Waals surface area contributed by atoms with Gasteiger partial charge in [-0.05, 0) is 30.5 Å². The fourth-order valence-corrected chi connectivity index (χ4v) is 1.17. The summed E-state index contributed by atoms with van der Waals surface area (Å²) in [5.74, 6) is -0.515. The van der Waals surface area contributed by atoms with Crippen LogP contribution in [0.5, 0.6) is 5.75 Å². The molecule has 0 heterocycles. The average Bonchev–Trinajstić information content (AvgIpc) is 2.16. The minimum absolute atomic E-state index is 0.481. The van der Waals surface area contributed by atoms with Crippen LogP contribution in [0.2, 0.25) is 0 Å². The van der Waals surface area contributed by atoms with Crippen LogP contribution in [0.3, 0.4) is 0 Å². The van der Waals surface area contributed by atoms with Gasteiger partial charge in [-0.2, -0.15) is 22.0 Å². The van der Waals surface area contributed by atoms with Crippen molar-refractivity contribution in [3.05, 3.63) is 36.8 Å². The average molecular weight is 253 g/mol. The molecule has 1 nitrogen and oxygen atoms in total. The highest BCUT2D eigenvalue weighted by Gasteiger charge is 2.61. The molecule has 0 aliphatic heterocycles. The number of benzene rings is 1. The van der Waals surface area contributed by atoms with Crippen LogP contribution >= 0.6 is 0 Å². The van der Waals surface area contributed by atoms with E-state index in [0.29, 0.717) is 18.4 Å². The number of alkyl halides is 5. The molecule has 0 atom stereocenters. The van der Waals surface area contributed by atoms with Crippen molar-refractivity contribution in [3.63, 3.8) is 0 Å². The summed E-state index contributed by atoms with van der Waals surface area (Å²) in [7, 11) is 0. The lowest BCUT2D eigenvalue weighted by Crippen LogP contribution is -2.41. The smallest absolute Gasteiger partial charge is 0.426 e. The van der Waals surface area contributed by atoms with Gasteiger partial charge in [0, 0.05) is 0 Å². The zero-order valence-corrected chi connectivity index (χ0v) is 8.73. The topological polar surface area (TPSA) is 9.23 Å². The van der Waals surface area contributed by atoms with E-state index in [1.165, 1.54) is 6.07 Å². The van der Waals surface area contributed by atoms with Crippen LogP contribution in [0.1, 0.15) is 12.0 Å². The predicted molar refractivity (Wildman–Crippen MR) is 51.8 cm³/mol. The van der Waals surface area contributed by atoms with Gasteiger partial charge in [0.25, 0.3) is 0 Å². The summed E-state index contributed by atoms with van der Waals surface area (Å²) in [6.45, 7) is 3.56. The Bertz CT molecular complexity index is 372. The number of halogens is 5. The van der Waals surface area contributed by atoms with Crippen LogP contribution in [0, 0.1) is 6.92 Å². The van der Waals surface area contributed by atoms with Crippen molar-refractivity contribution in [2.24, 2.45) is 0 Å². The monoisotopic (exact) mass is 253 g/mol. The minimum atomic E-state index is -5.73. The van der Waals surface area contributed by atoms with Crippen LogP contribution in [-0.4, -0.2) is 12.3 Å². The van der Waals surface area contributed by atoms with Crippen molar-refractivity contribution in [3.8, 4) is 5.75 Å². The van der Waals surface area contributed by atoms with E-state index in [0.717, 1.165) is 12.1 Å². The molecular formula is C11H10F5O. The molecule has 0 aliphatic rings. The highest BCUT2D eigenvalue weighted by Crippen LogP contribution is 2.37. The Morgan fingerprint density at radius 1 is 1.12 bits per heavy atom. The molecule has 1 aromatic carbocycles. The maximum atomic E-state index is 12.6. The van der Waals surface area contributed by atoms with Gasteiger partial charge >= 0.3 is 12.3 Å². The first-order valence-electron chi connectivity index (χ1n) is 4.78. The van der Waals surface area contributed by atoms with Gasteiger partial charge in [0.15, 0.2) is 0 Å². The van der Waals surface area contributed by atoms with E-state index in [4.69, 9.17) is 0 Å². The molecule has 0 amide bonds. The highest BCUT2D eigenvalue weighted by atomic mass is 19.4. The molecule has 1 aromatic rings. The molecule has 1 rings (SSSR count). The maximum Gasteiger partial charge on any atom is 0.499 e. The molecule has 0 saturated carbocycles. The number of rotatable bonds is 4. The molecule has 95 valence electrons. The van der Waals surface area contributed by atoms with Gasteiger partial charge in [0.1, 0.15) is 5.75 Å². The molecule has 0 bridgehead atoms. The van der Waals surface area contributed by atoms with Crippen LogP contribution < -0.4 is 4.74 Å². The third-order valence-electron chi connectivity index (χ3n) is 1.94. The normalized spacial score (nSPS) is 12.6. The quantitative estimate of drug-likeness (QED) is 0.737. The van der Waals surface area contributed by atoms with Gasteiger partial charge in [-0.3, -0.25) is 0 Å². The predicted octanol–water partition coefficient (Wildman–Crippen LogP) is 3.99. The Balaban J connectivity index is 2.84. The van der Waals surface area contributed by atoms with E-state index in [9.17, 15) is 22.0 Å². The third kappa shape index (κ3) is 3.57. The van der Waals surface area contributed by atoms with Crippen molar-refractivity contribution in [2.75, 3.05) is 0 Å². The van der Waals surface area contributed by atoms with Gasteiger partial charge in [0.2, 0.25) is 0 Å². The molecule has 1 radical (unpaired) electrons. The minimum Gasteiger partial charge on any atom is -0.426 e. The second kappa shape index (κ2) is 4.89. The molecule has 0 N–H and O–H groups in total. The fraction of sp³-hybridized carbons (Fsp3) is 0.364. The van der Waals surface area contributed by atoms with Crippen molar-refractivity contribution in [1.29, 1.82) is 0 Å². The molecule has 0 unspecified atom stereocenters. The maximum absolute atomic E-state index is 12.6. The van der Waals surface area contributed by atoms with Gasteiger partial charge < -0.3 is 4.74 Å². The number of hydrogen-bond donors (Lipinski definition) is 0. The van der Waals surface area contributed by atoms with Crippen molar-refractivity contribution in [2.45, 2.75) is 25.1 Å². The van der Waals surface area contributed by atoms with Gasteiger partial charge in [-0.15, -0.1) is 0 Å². The van der Waals surface area contributed by atoms with E-state index in [1.807, 2.05) is 0 Å². The van der Waals surface area contributed by atoms with Crippen LogP contribution in [0.4, 0.5) is 22.0 Å². The largest absolute Gasteiger partial charge is 0.499 e. The zero-order chi connectivity index (χ0) is 13.1. The van der Waals surface area contributed by atoms with Crippen LogP contribution in [-0.2, 0) is 6.42 Å². The second-order valence-corrected chi connectivity index (χ2v) is 3.37. The number of ether oxygens (including phenoxy) is 1. The standard InChI is InChI=1S/C11H10F5O/c1-2-4-8-5-3-6-9(7-8)17-11(15,16)10(12,13)14/h3,5-7H,1-2,4H2. The molecule has 0 fully saturated rings. The van der Waals surface area contributed by atoms with E-state index in [2.05, 4.69) is 11.7 Å². The molecular weight excluding hydrogens is 243 g/mol. The van der Waals surface area contributed by atoms with Crippen molar-refractivity contribution in [1.82, 2.24) is 0 Å². The first-order chi connectivity index (χ1) is 7.76. The highest BCUT2D eigenvalue weighted by molar-refractivity contribution is 5.29. The van der Waals surface area contributed by atoms with Crippen LogP contribution in [0.25, 0.3) is 0 Å². The molecule has 6 heteroatoms. The van der Waals surface area contributed by atoms with E-state index in [1.54, 1.807) is 6.07 Å². The Morgan fingerprint density at radius 3 is 2.29 bits per heavy atom. The van der Waals surface area contributed by atoms with E-state index in [-0.39, 0.29) is 0 Å². The lowest BCUT2D eigenvalue weighted by atomic mass is 10.1. The van der Waals surface area contributed by atoms with Gasteiger partial charge in [-0.1, -0.05) is 19.1 Å². The van der Waals surface area contributed by atoms with Gasteiger partial charge in [-0.25, -0.2) is 0 Å². The van der Waals surface area contributed by atoms with E-state index >= 15 is 0 Å². The number of hydrogen-bond acceptors (Lipinski definition) is 1. The Kier molecular flexibility index (Phi) is 3.95. The Morgan fingerprint density at radius 2 is 1.76 bits per heavy atom. The first kappa shape index (κ1) is 13.7. The summed E-state index contributed by atoms with van der Waals surface area (Å²) in [5, 5.41) is 0. The fourth-order valence-electron chi connectivity index (χ4n) is 1.17. The van der Waals surface area contributed by atoms with E-state index < -0.39 is 18.0 Å². The van der Waals surface area contributed by atoms with Crippen LogP contribution in [0.15, 0.2) is 24.3 Å². The lowest BCUT2D eigenvalue weighted by molar-refractivity contribution is -0.360. The van der Waals surface area contributed by atoms with Gasteiger partial charge in [0.05, 0.1) is 0 Å². The van der Waals surface area contributed by atoms with Crippen molar-refractivity contribution >= 4 is 0 Å². The SMILES string of the molecule is [CH2]CCc1cccc(OC(F)(F)C(F)(F)F)c1. The molecule has 0 aliphatic carbocycles. The summed E-state index contributed by atoms with van der Waals surface area (Å²) in [6, 6.07) is 5.15. The third-order valence-corrected chi connectivity index (χ3v) is 1.94. The molecule has 0 saturated heterocycles. The summed E-state index contributed by atoms with van der Waals surface area (Å²) >= 11 is 0. The first-order valence-corrected chi connectivity index (χ1v) is 4.78. The molecule has 0 spiro atoms. The summed E-state index contributed by atoms with van der Waals surface area (Å²) in [5.41, 5.74) is 0.593. The second-order valence-electron chi connectivity index (χ2n) is 3.37. The van der Waals surface area contributed by atoms with Crippen molar-refractivity contribution < 1.29 is 26.7 Å². The summed E-state index contributed by atoms with van der Waals surface area (Å²) in [4.78, 5) is 0. The Labute approximate surface area is 95.2 Å². The lowest BCUT2D eigenvalue weighted by Gasteiger charge is -2.20. The molecule has 17 heavy (non-hydrogen) atoms. The molecule has 0 aromatic heterocycles.